The molecule has 0 saturated heterocycles. The number of benzene rings is 3. The molecule has 3 aromatic carbocycles. The number of nitro groups is 1. The number of aryl methyl sites for hydroxylation is 1. The quantitative estimate of drug-likeness (QED) is 0.181. The molecule has 0 bridgehead atoms. The molecule has 0 aromatic heterocycles. The van der Waals surface area contributed by atoms with Crippen molar-refractivity contribution in [2.75, 3.05) is 6.61 Å². The van der Waals surface area contributed by atoms with Crippen LogP contribution in [-0.2, 0) is 6.18 Å². The zero-order chi connectivity index (χ0) is 24.2. The number of ether oxygens (including phenoxy) is 2. The minimum absolute atomic E-state index is 0.0905. The Hall–Kier alpha value is -3.40. The van der Waals surface area contributed by atoms with Gasteiger partial charge in [0.2, 0.25) is 5.75 Å². The van der Waals surface area contributed by atoms with E-state index in [4.69, 9.17) is 9.47 Å². The minimum atomic E-state index is -4.72. The molecule has 0 radical (unpaired) electrons. The number of hydrogen-bond donors (Lipinski definition) is 0. The molecule has 0 amide bonds. The SMILES string of the molecule is CCOc1cc(C=Nc2ccccc2C)cc(Br)c1Oc1ccc(C(F)(F)F)cc1[N+](=O)[O-]. The summed E-state index contributed by atoms with van der Waals surface area (Å²) in [5.41, 5.74) is 0.473. The van der Waals surface area contributed by atoms with Gasteiger partial charge in [0.25, 0.3) is 0 Å². The summed E-state index contributed by atoms with van der Waals surface area (Å²) in [6.45, 7) is 3.94. The van der Waals surface area contributed by atoms with Gasteiger partial charge in [-0.1, -0.05) is 18.2 Å². The van der Waals surface area contributed by atoms with Crippen LogP contribution in [0.3, 0.4) is 0 Å². The molecule has 0 heterocycles. The predicted molar refractivity (Wildman–Crippen MR) is 122 cm³/mol. The summed E-state index contributed by atoms with van der Waals surface area (Å²) in [5, 5.41) is 11.4. The van der Waals surface area contributed by atoms with Gasteiger partial charge < -0.3 is 9.47 Å². The smallest absolute Gasteiger partial charge is 0.416 e. The average Bonchev–Trinajstić information content (AvgIpc) is 2.75. The Morgan fingerprint density at radius 3 is 2.48 bits per heavy atom. The summed E-state index contributed by atoms with van der Waals surface area (Å²) in [5.74, 6) is -0.0176. The second-order valence-electron chi connectivity index (χ2n) is 6.85. The summed E-state index contributed by atoms with van der Waals surface area (Å²) in [7, 11) is 0. The number of aliphatic imine (C=N–C) groups is 1. The van der Waals surface area contributed by atoms with Crippen LogP contribution in [0.15, 0.2) is 64.1 Å². The molecule has 0 atom stereocenters. The van der Waals surface area contributed by atoms with E-state index in [2.05, 4.69) is 20.9 Å². The van der Waals surface area contributed by atoms with Crippen LogP contribution in [0, 0.1) is 17.0 Å². The van der Waals surface area contributed by atoms with E-state index in [1.165, 1.54) is 0 Å². The van der Waals surface area contributed by atoms with Crippen LogP contribution < -0.4 is 9.47 Å². The number of halogens is 4. The molecule has 33 heavy (non-hydrogen) atoms. The van der Waals surface area contributed by atoms with Gasteiger partial charge in [0.15, 0.2) is 11.5 Å². The molecule has 3 rings (SSSR count). The van der Waals surface area contributed by atoms with E-state index in [0.717, 1.165) is 23.4 Å². The maximum absolute atomic E-state index is 13.0. The van der Waals surface area contributed by atoms with Crippen molar-refractivity contribution in [1.82, 2.24) is 0 Å². The van der Waals surface area contributed by atoms with Gasteiger partial charge in [-0.15, -0.1) is 0 Å². The molecule has 0 unspecified atom stereocenters. The van der Waals surface area contributed by atoms with E-state index in [1.807, 2.05) is 31.2 Å². The van der Waals surface area contributed by atoms with Crippen molar-refractivity contribution in [1.29, 1.82) is 0 Å². The number of hydrogen-bond acceptors (Lipinski definition) is 5. The van der Waals surface area contributed by atoms with E-state index in [9.17, 15) is 23.3 Å². The summed E-state index contributed by atoms with van der Waals surface area (Å²) in [6, 6.07) is 12.9. The first-order valence-electron chi connectivity index (χ1n) is 9.69. The van der Waals surface area contributed by atoms with Crippen molar-refractivity contribution in [2.45, 2.75) is 20.0 Å². The lowest BCUT2D eigenvalue weighted by Crippen LogP contribution is -2.06. The number of rotatable bonds is 7. The highest BCUT2D eigenvalue weighted by Crippen LogP contribution is 2.43. The Morgan fingerprint density at radius 1 is 1.12 bits per heavy atom. The number of para-hydroxylation sites is 1. The minimum Gasteiger partial charge on any atom is -0.490 e. The fourth-order valence-electron chi connectivity index (χ4n) is 2.91. The molecule has 172 valence electrons. The first-order chi connectivity index (χ1) is 15.6. The average molecular weight is 523 g/mol. The molecule has 0 N–H and O–H groups in total. The van der Waals surface area contributed by atoms with E-state index >= 15 is 0 Å². The predicted octanol–water partition coefficient (Wildman–Crippen LogP) is 7.63. The second-order valence-corrected chi connectivity index (χ2v) is 7.70. The zero-order valence-electron chi connectivity index (χ0n) is 17.5. The standard InChI is InChI=1S/C23H18BrF3N2O4/c1-3-32-21-11-15(13-28-18-7-5-4-6-14(18)2)10-17(24)22(21)33-20-9-8-16(23(25,26)27)12-19(20)29(30)31/h4-13H,3H2,1-2H3. The van der Waals surface area contributed by atoms with Gasteiger partial charge in [0.05, 0.1) is 27.3 Å². The number of alkyl halides is 3. The Balaban J connectivity index is 2.00. The molecule has 6 nitrogen and oxygen atoms in total. The molecule has 0 fully saturated rings. The molecule has 0 spiro atoms. The van der Waals surface area contributed by atoms with E-state index in [0.29, 0.717) is 16.1 Å². The molecular formula is C23H18BrF3N2O4. The monoisotopic (exact) mass is 522 g/mol. The van der Waals surface area contributed by atoms with Gasteiger partial charge in [-0.2, -0.15) is 13.2 Å². The topological polar surface area (TPSA) is 74.0 Å². The van der Waals surface area contributed by atoms with Crippen LogP contribution in [0.4, 0.5) is 24.5 Å². The summed E-state index contributed by atoms with van der Waals surface area (Å²) in [6.07, 6.45) is -3.10. The van der Waals surface area contributed by atoms with Crippen molar-refractivity contribution < 1.29 is 27.6 Å². The lowest BCUT2D eigenvalue weighted by Gasteiger charge is -2.15. The van der Waals surface area contributed by atoms with Gasteiger partial charge in [-0.3, -0.25) is 15.1 Å². The summed E-state index contributed by atoms with van der Waals surface area (Å²) < 4.78 is 50.6. The molecule has 10 heteroatoms. The Bertz CT molecular complexity index is 1210. The van der Waals surface area contributed by atoms with Crippen molar-refractivity contribution >= 4 is 33.5 Å². The molecule has 0 aliphatic rings. The fourth-order valence-corrected chi connectivity index (χ4v) is 3.45. The number of nitrogens with zero attached hydrogens (tertiary/aromatic N) is 2. The summed E-state index contributed by atoms with van der Waals surface area (Å²) >= 11 is 3.36. The molecule has 0 aliphatic heterocycles. The van der Waals surface area contributed by atoms with Crippen LogP contribution >= 0.6 is 15.9 Å². The van der Waals surface area contributed by atoms with E-state index in [-0.39, 0.29) is 23.9 Å². The highest BCUT2D eigenvalue weighted by Gasteiger charge is 2.33. The van der Waals surface area contributed by atoms with Gasteiger partial charge in [0.1, 0.15) is 0 Å². The lowest BCUT2D eigenvalue weighted by atomic mass is 10.1. The Morgan fingerprint density at radius 2 is 1.85 bits per heavy atom. The third kappa shape index (κ3) is 5.89. The van der Waals surface area contributed by atoms with E-state index < -0.39 is 22.4 Å². The van der Waals surface area contributed by atoms with Crippen molar-refractivity contribution in [3.63, 3.8) is 0 Å². The van der Waals surface area contributed by atoms with Gasteiger partial charge in [-0.05, 0) is 71.2 Å². The third-order valence-corrected chi connectivity index (χ3v) is 5.08. The van der Waals surface area contributed by atoms with Gasteiger partial charge in [0, 0.05) is 12.3 Å². The fraction of sp³-hybridized carbons (Fsp3) is 0.174. The molecular weight excluding hydrogens is 505 g/mol. The van der Waals surface area contributed by atoms with E-state index in [1.54, 1.807) is 25.3 Å². The van der Waals surface area contributed by atoms with Crippen molar-refractivity contribution in [3.8, 4) is 17.2 Å². The summed E-state index contributed by atoms with van der Waals surface area (Å²) in [4.78, 5) is 14.9. The van der Waals surface area contributed by atoms with Crippen LogP contribution in [-0.4, -0.2) is 17.7 Å². The second kappa shape index (κ2) is 10.0. The lowest BCUT2D eigenvalue weighted by molar-refractivity contribution is -0.385. The first-order valence-corrected chi connectivity index (χ1v) is 10.5. The van der Waals surface area contributed by atoms with Gasteiger partial charge >= 0.3 is 11.9 Å². The van der Waals surface area contributed by atoms with Crippen LogP contribution in [0.5, 0.6) is 17.2 Å². The van der Waals surface area contributed by atoms with Gasteiger partial charge in [-0.25, -0.2) is 0 Å². The molecule has 0 aliphatic carbocycles. The maximum Gasteiger partial charge on any atom is 0.416 e. The van der Waals surface area contributed by atoms with Crippen LogP contribution in [0.1, 0.15) is 23.6 Å². The zero-order valence-corrected chi connectivity index (χ0v) is 19.1. The molecule has 3 aromatic rings. The third-order valence-electron chi connectivity index (χ3n) is 4.49. The number of nitro benzene ring substituents is 1. The Kier molecular flexibility index (Phi) is 7.37. The van der Waals surface area contributed by atoms with Crippen LogP contribution in [0.25, 0.3) is 0 Å². The first kappa shape index (κ1) is 24.2. The normalized spacial score (nSPS) is 11.6. The Labute approximate surface area is 196 Å². The highest BCUT2D eigenvalue weighted by molar-refractivity contribution is 9.10. The highest BCUT2D eigenvalue weighted by atomic mass is 79.9. The van der Waals surface area contributed by atoms with Crippen LogP contribution in [0.2, 0.25) is 0 Å². The molecule has 0 saturated carbocycles. The maximum atomic E-state index is 13.0. The largest absolute Gasteiger partial charge is 0.490 e. The van der Waals surface area contributed by atoms with Crippen molar-refractivity contribution in [2.24, 2.45) is 4.99 Å². The van der Waals surface area contributed by atoms with Crippen molar-refractivity contribution in [3.05, 3.63) is 85.9 Å².